The zero-order valence-corrected chi connectivity index (χ0v) is 15.9. The highest BCUT2D eigenvalue weighted by atomic mass is 32.2. The van der Waals surface area contributed by atoms with Crippen LogP contribution >= 0.6 is 11.8 Å². The lowest BCUT2D eigenvalue weighted by molar-refractivity contribution is 0.230. The van der Waals surface area contributed by atoms with Crippen molar-refractivity contribution in [3.05, 3.63) is 70.8 Å². The molecular weight excluding hydrogens is 322 g/mol. The molecule has 2 aromatic rings. The van der Waals surface area contributed by atoms with Crippen molar-refractivity contribution >= 4 is 11.8 Å². The van der Waals surface area contributed by atoms with E-state index in [1.165, 1.54) is 63.9 Å². The minimum absolute atomic E-state index is 0.510. The summed E-state index contributed by atoms with van der Waals surface area (Å²) in [6.07, 6.45) is 7.90. The van der Waals surface area contributed by atoms with Gasteiger partial charge in [-0.2, -0.15) is 0 Å². The van der Waals surface area contributed by atoms with Gasteiger partial charge in [0.25, 0.3) is 0 Å². The molecule has 0 atom stereocenters. The van der Waals surface area contributed by atoms with Gasteiger partial charge in [0.05, 0.1) is 5.25 Å². The van der Waals surface area contributed by atoms with Crippen molar-refractivity contribution in [1.82, 2.24) is 4.90 Å². The first-order valence-corrected chi connectivity index (χ1v) is 11.0. The van der Waals surface area contributed by atoms with Gasteiger partial charge in [-0.05, 0) is 79.7 Å². The lowest BCUT2D eigenvalue weighted by atomic mass is 10.00. The van der Waals surface area contributed by atoms with Gasteiger partial charge in [-0.1, -0.05) is 55.0 Å². The Balaban J connectivity index is 1.46. The number of hydrogen-bond acceptors (Lipinski definition) is 2. The van der Waals surface area contributed by atoms with Crippen LogP contribution in [0.4, 0.5) is 0 Å². The number of piperidine rings is 1. The maximum Gasteiger partial charge on any atom is 0.0552 e. The van der Waals surface area contributed by atoms with Crippen molar-refractivity contribution in [3.63, 3.8) is 0 Å². The lowest BCUT2D eigenvalue weighted by Crippen LogP contribution is -2.30. The zero-order valence-electron chi connectivity index (χ0n) is 15.1. The predicted molar refractivity (Wildman–Crippen MR) is 110 cm³/mol. The van der Waals surface area contributed by atoms with Crippen LogP contribution in [0.5, 0.6) is 0 Å². The molecule has 0 bridgehead atoms. The van der Waals surface area contributed by atoms with Crippen molar-refractivity contribution in [2.45, 2.75) is 43.8 Å². The van der Waals surface area contributed by atoms with E-state index in [-0.39, 0.29) is 0 Å². The van der Waals surface area contributed by atoms with E-state index >= 15 is 0 Å². The van der Waals surface area contributed by atoms with Crippen LogP contribution in [-0.2, 0) is 12.8 Å². The summed E-state index contributed by atoms with van der Waals surface area (Å²) in [5.74, 6) is 1.25. The Morgan fingerprint density at radius 2 is 1.40 bits per heavy atom. The summed E-state index contributed by atoms with van der Waals surface area (Å²) >= 11 is 2.16. The second kappa shape index (κ2) is 8.42. The number of likely N-dealkylation sites (tertiary alicyclic amines) is 1. The summed E-state index contributed by atoms with van der Waals surface area (Å²) in [5, 5.41) is 0.510. The van der Waals surface area contributed by atoms with Crippen molar-refractivity contribution in [3.8, 4) is 0 Å². The van der Waals surface area contributed by atoms with Crippen molar-refractivity contribution in [2.75, 3.05) is 25.4 Å². The Labute approximate surface area is 156 Å². The minimum Gasteiger partial charge on any atom is -0.303 e. The molecule has 25 heavy (non-hydrogen) atoms. The molecule has 1 saturated heterocycles. The zero-order chi connectivity index (χ0) is 16.9. The van der Waals surface area contributed by atoms with Gasteiger partial charge >= 0.3 is 0 Å². The maximum absolute atomic E-state index is 2.67. The van der Waals surface area contributed by atoms with Crippen LogP contribution in [-0.4, -0.2) is 30.3 Å². The molecule has 1 nitrogen and oxygen atoms in total. The summed E-state index contributed by atoms with van der Waals surface area (Å²) in [6.45, 7) is 3.92. The Kier molecular flexibility index (Phi) is 5.79. The number of rotatable bonds is 5. The summed E-state index contributed by atoms with van der Waals surface area (Å²) in [5.41, 5.74) is 6.20. The standard InChI is InChI=1S/C23H29NS/c1-6-15-24(16-7-1)17-8-18-25-23-21-11-4-2-9-19(21)13-14-20-10-3-5-12-22(20)23/h2-5,9-12,23H,1,6-8,13-18H2. The van der Waals surface area contributed by atoms with E-state index in [0.29, 0.717) is 5.25 Å². The van der Waals surface area contributed by atoms with Crippen molar-refractivity contribution < 1.29 is 0 Å². The molecule has 0 N–H and O–H groups in total. The van der Waals surface area contributed by atoms with Gasteiger partial charge in [0.15, 0.2) is 0 Å². The van der Waals surface area contributed by atoms with Crippen LogP contribution < -0.4 is 0 Å². The number of thioether (sulfide) groups is 1. The molecule has 0 radical (unpaired) electrons. The van der Waals surface area contributed by atoms with E-state index < -0.39 is 0 Å². The highest BCUT2D eigenvalue weighted by molar-refractivity contribution is 7.99. The van der Waals surface area contributed by atoms with Gasteiger partial charge in [-0.3, -0.25) is 0 Å². The molecular formula is C23H29NS. The molecule has 132 valence electrons. The molecule has 0 aromatic heterocycles. The molecule has 2 aromatic carbocycles. The van der Waals surface area contributed by atoms with Crippen LogP contribution in [0.25, 0.3) is 0 Å². The Hall–Kier alpha value is -1.25. The first-order chi connectivity index (χ1) is 12.4. The van der Waals surface area contributed by atoms with Gasteiger partial charge in [-0.25, -0.2) is 0 Å². The second-order valence-electron chi connectivity index (χ2n) is 7.40. The average Bonchev–Trinajstić information content (AvgIpc) is 2.83. The number of fused-ring (bicyclic) bond motifs is 2. The van der Waals surface area contributed by atoms with Crippen LogP contribution in [0, 0.1) is 0 Å². The van der Waals surface area contributed by atoms with E-state index in [0.717, 1.165) is 0 Å². The Bertz CT molecular complexity index is 642. The summed E-state index contributed by atoms with van der Waals surface area (Å²) in [7, 11) is 0. The van der Waals surface area contributed by atoms with Crippen LogP contribution in [0.2, 0.25) is 0 Å². The fourth-order valence-corrected chi connectivity index (χ4v) is 5.67. The second-order valence-corrected chi connectivity index (χ2v) is 8.62. The fraction of sp³-hybridized carbons (Fsp3) is 0.478. The van der Waals surface area contributed by atoms with E-state index in [1.807, 2.05) is 0 Å². The predicted octanol–water partition coefficient (Wildman–Crippen LogP) is 5.48. The molecule has 1 aliphatic carbocycles. The summed E-state index contributed by atoms with van der Waals surface area (Å²) in [6, 6.07) is 18.2. The fourth-order valence-electron chi connectivity index (χ4n) is 4.32. The quantitative estimate of drug-likeness (QED) is 0.656. The third-order valence-corrected chi connectivity index (χ3v) is 7.06. The molecule has 1 heterocycles. The van der Waals surface area contributed by atoms with Gasteiger partial charge in [0.2, 0.25) is 0 Å². The van der Waals surface area contributed by atoms with Crippen LogP contribution in [0.3, 0.4) is 0 Å². The molecule has 4 rings (SSSR count). The first kappa shape index (κ1) is 17.2. The molecule has 1 fully saturated rings. The van der Waals surface area contributed by atoms with Crippen LogP contribution in [0.15, 0.2) is 48.5 Å². The highest BCUT2D eigenvalue weighted by Gasteiger charge is 2.23. The number of hydrogen-bond donors (Lipinski definition) is 0. The highest BCUT2D eigenvalue weighted by Crippen LogP contribution is 2.41. The monoisotopic (exact) mass is 351 g/mol. The average molecular weight is 352 g/mol. The number of aryl methyl sites for hydroxylation is 2. The third-order valence-electron chi connectivity index (χ3n) is 5.69. The smallest absolute Gasteiger partial charge is 0.0552 e. The van der Waals surface area contributed by atoms with Gasteiger partial charge < -0.3 is 4.90 Å². The maximum atomic E-state index is 2.67. The molecule has 0 unspecified atom stereocenters. The number of benzene rings is 2. The van der Waals surface area contributed by atoms with Crippen molar-refractivity contribution in [1.29, 1.82) is 0 Å². The molecule has 0 amide bonds. The van der Waals surface area contributed by atoms with Gasteiger partial charge in [0, 0.05) is 0 Å². The normalized spacial score (nSPS) is 18.4. The Morgan fingerprint density at radius 3 is 2.04 bits per heavy atom. The lowest BCUT2D eigenvalue weighted by Gasteiger charge is -2.26. The topological polar surface area (TPSA) is 3.24 Å². The van der Waals surface area contributed by atoms with E-state index in [9.17, 15) is 0 Å². The van der Waals surface area contributed by atoms with Crippen LogP contribution in [0.1, 0.15) is 53.2 Å². The van der Waals surface area contributed by atoms with Crippen molar-refractivity contribution in [2.24, 2.45) is 0 Å². The molecule has 0 saturated carbocycles. The van der Waals surface area contributed by atoms with E-state index in [1.54, 1.807) is 22.3 Å². The number of nitrogens with zero attached hydrogens (tertiary/aromatic N) is 1. The minimum atomic E-state index is 0.510. The Morgan fingerprint density at radius 1 is 0.800 bits per heavy atom. The third kappa shape index (κ3) is 4.12. The first-order valence-electron chi connectivity index (χ1n) is 9.91. The molecule has 1 aliphatic heterocycles. The van der Waals surface area contributed by atoms with E-state index in [4.69, 9.17) is 0 Å². The van der Waals surface area contributed by atoms with Gasteiger partial charge in [0.1, 0.15) is 0 Å². The largest absolute Gasteiger partial charge is 0.303 e. The molecule has 0 spiro atoms. The molecule has 2 aliphatic rings. The molecule has 2 heteroatoms. The van der Waals surface area contributed by atoms with E-state index in [2.05, 4.69) is 65.2 Å². The van der Waals surface area contributed by atoms with Gasteiger partial charge in [-0.15, -0.1) is 11.8 Å². The SMILES string of the molecule is c1ccc2c(c1)CCc1ccccc1C2SCCCN1CCCCC1. The summed E-state index contributed by atoms with van der Waals surface area (Å²) in [4.78, 5) is 2.67. The summed E-state index contributed by atoms with van der Waals surface area (Å²) < 4.78 is 0.